The molecular formula is C11H25N. The van der Waals surface area contributed by atoms with Crippen molar-refractivity contribution >= 4 is 0 Å². The minimum absolute atomic E-state index is 1.36. The first-order valence-corrected chi connectivity index (χ1v) is 5.66. The van der Waals surface area contributed by atoms with E-state index in [-0.39, 0.29) is 0 Å². The largest absolute Gasteiger partial charge is 0.303 e. The highest BCUT2D eigenvalue weighted by Gasteiger charge is 2.09. The number of rotatable bonds is 4. The third-order valence-corrected chi connectivity index (χ3v) is 2.28. The molecule has 0 aromatic rings. The van der Waals surface area contributed by atoms with Crippen molar-refractivity contribution in [2.45, 2.75) is 52.9 Å². The lowest BCUT2D eigenvalue weighted by Crippen LogP contribution is -2.20. The molecule has 1 heteroatoms. The van der Waals surface area contributed by atoms with Crippen molar-refractivity contribution in [2.75, 3.05) is 19.6 Å². The minimum atomic E-state index is 1.36. The molecule has 1 heterocycles. The summed E-state index contributed by atoms with van der Waals surface area (Å²) in [6.07, 6.45) is 7.05. The molecule has 0 aromatic heterocycles. The number of likely N-dealkylation sites (tertiary alicyclic amines) is 1. The molecule has 1 fully saturated rings. The Morgan fingerprint density at radius 1 is 1.00 bits per heavy atom. The highest BCUT2D eigenvalue weighted by atomic mass is 15.1. The van der Waals surface area contributed by atoms with E-state index < -0.39 is 0 Å². The van der Waals surface area contributed by atoms with Crippen LogP contribution in [0.2, 0.25) is 0 Å². The molecule has 0 amide bonds. The van der Waals surface area contributed by atoms with Gasteiger partial charge in [0.2, 0.25) is 0 Å². The Morgan fingerprint density at radius 3 is 2.08 bits per heavy atom. The van der Waals surface area contributed by atoms with Gasteiger partial charge >= 0.3 is 0 Å². The van der Waals surface area contributed by atoms with Gasteiger partial charge in [-0.1, -0.05) is 33.6 Å². The van der Waals surface area contributed by atoms with Crippen LogP contribution in [0.5, 0.6) is 0 Å². The van der Waals surface area contributed by atoms with Crippen LogP contribution in [0.3, 0.4) is 0 Å². The molecule has 0 aromatic carbocycles. The summed E-state index contributed by atoms with van der Waals surface area (Å²) >= 11 is 0. The Balaban J connectivity index is 0.000000561. The third kappa shape index (κ3) is 5.59. The fourth-order valence-corrected chi connectivity index (χ4v) is 1.59. The zero-order valence-electron chi connectivity index (χ0n) is 9.10. The minimum Gasteiger partial charge on any atom is -0.303 e. The normalized spacial score (nSPS) is 17.2. The highest BCUT2D eigenvalue weighted by molar-refractivity contribution is 4.65. The van der Waals surface area contributed by atoms with E-state index in [1.807, 2.05) is 13.8 Å². The van der Waals surface area contributed by atoms with Crippen LogP contribution < -0.4 is 0 Å². The van der Waals surface area contributed by atoms with E-state index in [9.17, 15) is 0 Å². The van der Waals surface area contributed by atoms with Crippen molar-refractivity contribution in [2.24, 2.45) is 0 Å². The van der Waals surface area contributed by atoms with Crippen molar-refractivity contribution in [3.05, 3.63) is 0 Å². The molecule has 74 valence electrons. The summed E-state index contributed by atoms with van der Waals surface area (Å²) in [6.45, 7) is 10.4. The zero-order chi connectivity index (χ0) is 9.23. The standard InChI is InChI=1S/C9H19N.C2H6/c1-2-3-4-7-10-8-5-6-9-10;1-2/h2-9H2,1H3;1-2H3. The summed E-state index contributed by atoms with van der Waals surface area (Å²) in [5.41, 5.74) is 0. The predicted octanol–water partition coefficient (Wildman–Crippen LogP) is 3.30. The molecule has 1 saturated heterocycles. The molecule has 0 N–H and O–H groups in total. The molecule has 1 rings (SSSR count). The Hall–Kier alpha value is -0.0400. The molecule has 0 saturated carbocycles. The summed E-state index contributed by atoms with van der Waals surface area (Å²) in [5, 5.41) is 0. The second-order valence-electron chi connectivity index (χ2n) is 3.26. The van der Waals surface area contributed by atoms with Crippen molar-refractivity contribution < 1.29 is 0 Å². The van der Waals surface area contributed by atoms with Crippen LogP contribution in [0.1, 0.15) is 52.9 Å². The van der Waals surface area contributed by atoms with Crippen LogP contribution in [0.25, 0.3) is 0 Å². The molecule has 1 aliphatic rings. The van der Waals surface area contributed by atoms with Gasteiger partial charge in [-0.25, -0.2) is 0 Å². The lowest BCUT2D eigenvalue weighted by atomic mass is 10.2. The molecule has 0 atom stereocenters. The van der Waals surface area contributed by atoms with E-state index in [0.717, 1.165) is 0 Å². The maximum Gasteiger partial charge on any atom is -0.00183 e. The van der Waals surface area contributed by atoms with Crippen LogP contribution in [-0.4, -0.2) is 24.5 Å². The van der Waals surface area contributed by atoms with Gasteiger partial charge in [-0.05, 0) is 38.9 Å². The molecule has 0 aliphatic carbocycles. The number of hydrogen-bond acceptors (Lipinski definition) is 1. The van der Waals surface area contributed by atoms with E-state index >= 15 is 0 Å². The quantitative estimate of drug-likeness (QED) is 0.587. The second kappa shape index (κ2) is 9.05. The Morgan fingerprint density at radius 2 is 1.58 bits per heavy atom. The van der Waals surface area contributed by atoms with Crippen LogP contribution in [0.15, 0.2) is 0 Å². The summed E-state index contributed by atoms with van der Waals surface area (Å²) in [6, 6.07) is 0. The fraction of sp³-hybridized carbons (Fsp3) is 1.00. The first-order chi connectivity index (χ1) is 5.93. The van der Waals surface area contributed by atoms with Gasteiger partial charge in [0.05, 0.1) is 0 Å². The third-order valence-electron chi connectivity index (χ3n) is 2.28. The highest BCUT2D eigenvalue weighted by Crippen LogP contribution is 2.08. The monoisotopic (exact) mass is 171 g/mol. The van der Waals surface area contributed by atoms with Gasteiger partial charge in [0.15, 0.2) is 0 Å². The summed E-state index contributed by atoms with van der Waals surface area (Å²) in [5.74, 6) is 0. The van der Waals surface area contributed by atoms with Gasteiger partial charge in [0.1, 0.15) is 0 Å². The molecule has 1 nitrogen and oxygen atoms in total. The van der Waals surface area contributed by atoms with Crippen molar-refractivity contribution in [1.29, 1.82) is 0 Å². The van der Waals surface area contributed by atoms with Gasteiger partial charge in [0.25, 0.3) is 0 Å². The lowest BCUT2D eigenvalue weighted by molar-refractivity contribution is 0.329. The number of unbranched alkanes of at least 4 members (excludes halogenated alkanes) is 2. The Bertz CT molecular complexity index is 75.1. The van der Waals surface area contributed by atoms with Crippen molar-refractivity contribution in [1.82, 2.24) is 4.90 Å². The molecule has 1 aliphatic heterocycles. The van der Waals surface area contributed by atoms with Crippen LogP contribution >= 0.6 is 0 Å². The van der Waals surface area contributed by atoms with Gasteiger partial charge in [-0.15, -0.1) is 0 Å². The number of hydrogen-bond donors (Lipinski definition) is 0. The van der Waals surface area contributed by atoms with Crippen LogP contribution in [0, 0.1) is 0 Å². The summed E-state index contributed by atoms with van der Waals surface area (Å²) in [7, 11) is 0. The topological polar surface area (TPSA) is 3.24 Å². The average molecular weight is 171 g/mol. The first kappa shape index (κ1) is 12.0. The van der Waals surface area contributed by atoms with E-state index in [4.69, 9.17) is 0 Å². The lowest BCUT2D eigenvalue weighted by Gasteiger charge is -2.12. The van der Waals surface area contributed by atoms with E-state index in [1.54, 1.807) is 0 Å². The SMILES string of the molecule is CC.CCCCCN1CCCC1. The maximum absolute atomic E-state index is 2.59. The summed E-state index contributed by atoms with van der Waals surface area (Å²) in [4.78, 5) is 2.59. The van der Waals surface area contributed by atoms with Gasteiger partial charge in [0, 0.05) is 0 Å². The van der Waals surface area contributed by atoms with Gasteiger partial charge in [-0.2, -0.15) is 0 Å². The van der Waals surface area contributed by atoms with E-state index in [0.29, 0.717) is 0 Å². The second-order valence-corrected chi connectivity index (χ2v) is 3.26. The molecule has 0 radical (unpaired) electrons. The fourth-order valence-electron chi connectivity index (χ4n) is 1.59. The molecular weight excluding hydrogens is 146 g/mol. The Labute approximate surface area is 78.1 Å². The molecule has 0 bridgehead atoms. The Kier molecular flexibility index (Phi) is 9.02. The van der Waals surface area contributed by atoms with E-state index in [1.165, 1.54) is 51.7 Å². The first-order valence-electron chi connectivity index (χ1n) is 5.66. The number of nitrogens with zero attached hydrogens (tertiary/aromatic N) is 1. The average Bonchev–Trinajstić information content (AvgIpc) is 2.61. The van der Waals surface area contributed by atoms with Crippen molar-refractivity contribution in [3.8, 4) is 0 Å². The van der Waals surface area contributed by atoms with Crippen molar-refractivity contribution in [3.63, 3.8) is 0 Å². The smallest absolute Gasteiger partial charge is 0.00183 e. The maximum atomic E-state index is 2.59. The van der Waals surface area contributed by atoms with Gasteiger partial charge in [-0.3, -0.25) is 0 Å². The molecule has 0 unspecified atom stereocenters. The molecule has 0 spiro atoms. The zero-order valence-corrected chi connectivity index (χ0v) is 9.10. The van der Waals surface area contributed by atoms with Crippen LogP contribution in [-0.2, 0) is 0 Å². The predicted molar refractivity (Wildman–Crippen MR) is 56.5 cm³/mol. The summed E-state index contributed by atoms with van der Waals surface area (Å²) < 4.78 is 0. The van der Waals surface area contributed by atoms with Crippen LogP contribution in [0.4, 0.5) is 0 Å². The molecule has 12 heavy (non-hydrogen) atoms. The van der Waals surface area contributed by atoms with Gasteiger partial charge < -0.3 is 4.90 Å². The van der Waals surface area contributed by atoms with E-state index in [2.05, 4.69) is 11.8 Å².